The first-order valence-electron chi connectivity index (χ1n) is 7.74. The number of nitrogens with one attached hydrogen (secondary N) is 1. The quantitative estimate of drug-likeness (QED) is 0.131. The van der Waals surface area contributed by atoms with Crippen LogP contribution in [0.25, 0.3) is 0 Å². The van der Waals surface area contributed by atoms with E-state index in [1.54, 1.807) is 0 Å². The molecule has 0 aliphatic carbocycles. The van der Waals surface area contributed by atoms with Crippen molar-refractivity contribution in [2.45, 2.75) is 12.7 Å². The van der Waals surface area contributed by atoms with Gasteiger partial charge in [-0.25, -0.2) is 9.28 Å². The lowest BCUT2D eigenvalue weighted by Gasteiger charge is -2.15. The Hall–Kier alpha value is -0.630. The molecule has 0 saturated carbocycles. The number of rotatable bonds is 9. The lowest BCUT2D eigenvalue weighted by Crippen LogP contribution is -2.25. The van der Waals surface area contributed by atoms with Crippen LogP contribution in [0.1, 0.15) is 5.56 Å². The van der Waals surface area contributed by atoms with Crippen LogP contribution in [0.2, 0.25) is 0 Å². The van der Waals surface area contributed by atoms with Crippen molar-refractivity contribution in [2.75, 3.05) is 31.3 Å². The first-order chi connectivity index (χ1) is 13.0. The molecule has 0 fully saturated rings. The van der Waals surface area contributed by atoms with E-state index in [1.165, 1.54) is 19.2 Å². The van der Waals surface area contributed by atoms with E-state index in [2.05, 4.69) is 30.5 Å². The molecule has 10 heteroatoms. The van der Waals surface area contributed by atoms with Gasteiger partial charge in [-0.05, 0) is 27.6 Å². The van der Waals surface area contributed by atoms with Crippen molar-refractivity contribution in [3.8, 4) is 0 Å². The van der Waals surface area contributed by atoms with E-state index in [9.17, 15) is 9.50 Å². The zero-order chi connectivity index (χ0) is 20.1. The van der Waals surface area contributed by atoms with Crippen molar-refractivity contribution in [2.24, 2.45) is 0 Å². The normalized spacial score (nSPS) is 11.4. The smallest absolute Gasteiger partial charge is 0.148 e. The standard InChI is InChI=1S/C16H18BrFN2O2.CH3IO2S/c17-13-6-15(19)14(18)7-16(13)20-8-12(21)10-22-9-11-4-2-1-3-5-11;1-3-4-5-2/h1-7,12,20-21H,8-10,19H2;1H3/t12-;/m1./s1. The van der Waals surface area contributed by atoms with Gasteiger partial charge < -0.3 is 20.9 Å². The van der Waals surface area contributed by atoms with E-state index in [0.717, 1.165) is 14.8 Å². The second-order valence-corrected chi connectivity index (χ2v) is 7.38. The molecule has 0 bridgehead atoms. The number of halogens is 3. The van der Waals surface area contributed by atoms with Gasteiger partial charge in [0.2, 0.25) is 0 Å². The predicted molar refractivity (Wildman–Crippen MR) is 119 cm³/mol. The Bertz CT molecular complexity index is 671. The fourth-order valence-corrected chi connectivity index (χ4v) is 2.89. The van der Waals surface area contributed by atoms with E-state index in [0.29, 0.717) is 16.8 Å². The fourth-order valence-electron chi connectivity index (χ4n) is 1.90. The van der Waals surface area contributed by atoms with Crippen LogP contribution in [-0.4, -0.2) is 31.5 Å². The number of nitrogens with two attached hydrogens (primary N) is 1. The summed E-state index contributed by atoms with van der Waals surface area (Å²) < 4.78 is 23.7. The molecular weight excluding hydrogens is 554 g/mol. The molecule has 0 radical (unpaired) electrons. The first-order valence-corrected chi connectivity index (χ1v) is 11.8. The molecule has 0 saturated heterocycles. The topological polar surface area (TPSA) is 86.0 Å². The number of hydrogen-bond acceptors (Lipinski definition) is 7. The van der Waals surface area contributed by atoms with Crippen molar-refractivity contribution < 1.29 is 23.5 Å². The highest BCUT2D eigenvalue weighted by molar-refractivity contribution is 14.2. The van der Waals surface area contributed by atoms with Crippen molar-refractivity contribution >= 4 is 57.7 Å². The molecule has 0 aliphatic heterocycles. The molecule has 0 aliphatic rings. The van der Waals surface area contributed by atoms with Crippen LogP contribution in [0.15, 0.2) is 46.9 Å². The number of nitrogen functional groups attached to an aromatic ring is 1. The number of benzene rings is 2. The maximum atomic E-state index is 13.4. The van der Waals surface area contributed by atoms with Gasteiger partial charge in [-0.2, -0.15) is 4.33 Å². The van der Waals surface area contributed by atoms with Gasteiger partial charge in [0.1, 0.15) is 15.0 Å². The molecule has 1 atom stereocenters. The average Bonchev–Trinajstić information content (AvgIpc) is 2.66. The van der Waals surface area contributed by atoms with Gasteiger partial charge in [-0.1, -0.05) is 30.3 Å². The Morgan fingerprint density at radius 3 is 2.63 bits per heavy atom. The fraction of sp³-hybridized carbons (Fsp3) is 0.294. The third-order valence-electron chi connectivity index (χ3n) is 3.13. The van der Waals surface area contributed by atoms with Crippen LogP contribution in [0, 0.1) is 5.82 Å². The van der Waals surface area contributed by atoms with E-state index in [4.69, 9.17) is 10.5 Å². The predicted octanol–water partition coefficient (Wildman–Crippen LogP) is 4.72. The van der Waals surface area contributed by atoms with Gasteiger partial charge in [-0.3, -0.25) is 0 Å². The second kappa shape index (κ2) is 14.4. The Balaban J connectivity index is 0.000000646. The van der Waals surface area contributed by atoms with Gasteiger partial charge in [0.05, 0.1) is 37.8 Å². The molecular formula is C17H21BrFIN2O4S. The van der Waals surface area contributed by atoms with Crippen LogP contribution in [0.3, 0.4) is 0 Å². The molecule has 150 valence electrons. The Kier molecular flexibility index (Phi) is 13.0. The minimum Gasteiger partial charge on any atom is -0.396 e. The lowest BCUT2D eigenvalue weighted by atomic mass is 10.2. The van der Waals surface area contributed by atoms with Crippen LogP contribution in [-0.2, 0) is 20.6 Å². The zero-order valence-electron chi connectivity index (χ0n) is 14.5. The minimum atomic E-state index is -0.698. The summed E-state index contributed by atoms with van der Waals surface area (Å²) in [7, 11) is 2.61. The summed E-state index contributed by atoms with van der Waals surface area (Å²) in [5.74, 6) is -0.500. The summed E-state index contributed by atoms with van der Waals surface area (Å²) in [6.07, 6.45) is -0.698. The third kappa shape index (κ3) is 10.5. The van der Waals surface area contributed by atoms with E-state index in [1.807, 2.05) is 51.5 Å². The molecule has 0 aromatic heterocycles. The van der Waals surface area contributed by atoms with Gasteiger partial charge >= 0.3 is 0 Å². The SMILES string of the molecule is COOSI.Nc1cc(Br)c(NC[C@@H](O)COCc2ccccc2)cc1F. The van der Waals surface area contributed by atoms with Gasteiger partial charge in [0.15, 0.2) is 0 Å². The third-order valence-corrected chi connectivity index (χ3v) is 4.41. The highest BCUT2D eigenvalue weighted by Gasteiger charge is 2.09. The van der Waals surface area contributed by atoms with E-state index in [-0.39, 0.29) is 18.8 Å². The molecule has 2 rings (SSSR count). The number of anilines is 2. The Labute approximate surface area is 182 Å². The van der Waals surface area contributed by atoms with E-state index >= 15 is 0 Å². The molecule has 0 amide bonds. The Morgan fingerprint density at radius 1 is 1.33 bits per heavy atom. The van der Waals surface area contributed by atoms with Gasteiger partial charge in [-0.15, -0.1) is 0 Å². The molecule has 0 heterocycles. The second-order valence-electron chi connectivity index (χ2n) is 5.19. The highest BCUT2D eigenvalue weighted by Crippen LogP contribution is 2.27. The highest BCUT2D eigenvalue weighted by atomic mass is 127. The summed E-state index contributed by atoms with van der Waals surface area (Å²) >= 11 is 5.25. The van der Waals surface area contributed by atoms with Crippen LogP contribution < -0.4 is 11.1 Å². The molecule has 27 heavy (non-hydrogen) atoms. The summed E-state index contributed by atoms with van der Waals surface area (Å²) in [6.45, 7) is 0.881. The average molecular weight is 575 g/mol. The van der Waals surface area contributed by atoms with Gasteiger partial charge in [0.25, 0.3) is 0 Å². The monoisotopic (exact) mass is 574 g/mol. The van der Waals surface area contributed by atoms with Crippen molar-refractivity contribution in [3.63, 3.8) is 0 Å². The van der Waals surface area contributed by atoms with Crippen LogP contribution in [0.4, 0.5) is 15.8 Å². The Morgan fingerprint density at radius 2 is 2.04 bits per heavy atom. The molecule has 0 unspecified atom stereocenters. The maximum absolute atomic E-state index is 13.4. The van der Waals surface area contributed by atoms with Crippen LogP contribution >= 0.6 is 46.3 Å². The summed E-state index contributed by atoms with van der Waals surface area (Å²) in [5, 5.41) is 12.8. The molecule has 6 nitrogen and oxygen atoms in total. The molecule has 0 spiro atoms. The molecule has 2 aromatic carbocycles. The van der Waals surface area contributed by atoms with Crippen molar-refractivity contribution in [3.05, 3.63) is 58.3 Å². The number of hydrogen-bond donors (Lipinski definition) is 3. The summed E-state index contributed by atoms with van der Waals surface area (Å²) in [5.41, 5.74) is 7.12. The number of aliphatic hydroxyl groups is 1. The largest absolute Gasteiger partial charge is 0.396 e. The zero-order valence-corrected chi connectivity index (χ0v) is 19.1. The summed E-state index contributed by atoms with van der Waals surface area (Å²) in [4.78, 5) is 4.15. The number of ether oxygens (including phenoxy) is 1. The lowest BCUT2D eigenvalue weighted by molar-refractivity contribution is -0.157. The molecule has 2 aromatic rings. The molecule has 4 N–H and O–H groups in total. The van der Waals surface area contributed by atoms with Crippen molar-refractivity contribution in [1.82, 2.24) is 0 Å². The van der Waals surface area contributed by atoms with E-state index < -0.39 is 11.9 Å². The van der Waals surface area contributed by atoms with Crippen molar-refractivity contribution in [1.29, 1.82) is 0 Å². The van der Waals surface area contributed by atoms with Gasteiger partial charge in [0, 0.05) is 38.3 Å². The van der Waals surface area contributed by atoms with Crippen LogP contribution in [0.5, 0.6) is 0 Å². The maximum Gasteiger partial charge on any atom is 0.148 e. The minimum absolute atomic E-state index is 0.0733. The number of aliphatic hydroxyl groups excluding tert-OH is 1. The first kappa shape index (κ1) is 24.4. The summed E-state index contributed by atoms with van der Waals surface area (Å²) in [6, 6.07) is 12.5.